The maximum atomic E-state index is 13.8. The molecule has 3 fully saturated rings. The average molecular weight is 507 g/mol. The summed E-state index contributed by atoms with van der Waals surface area (Å²) >= 11 is 0. The van der Waals surface area contributed by atoms with E-state index in [0.29, 0.717) is 30.5 Å². The third-order valence-electron chi connectivity index (χ3n) is 8.48. The summed E-state index contributed by atoms with van der Waals surface area (Å²) < 4.78 is 5.45. The van der Waals surface area contributed by atoms with Gasteiger partial charge in [0.15, 0.2) is 0 Å². The molecule has 3 heterocycles. The molecule has 8 nitrogen and oxygen atoms in total. The van der Waals surface area contributed by atoms with Crippen LogP contribution in [0.2, 0.25) is 18.1 Å². The fraction of sp³-hybridized carbons (Fsp3) is 0.556. The molecule has 9 heteroatoms. The van der Waals surface area contributed by atoms with Crippen LogP contribution in [0.4, 0.5) is 0 Å². The van der Waals surface area contributed by atoms with Gasteiger partial charge in [0, 0.05) is 29.4 Å². The highest BCUT2D eigenvalue weighted by atomic mass is 28.3. The first-order valence-corrected chi connectivity index (χ1v) is 16.0. The maximum Gasteiger partial charge on any atom is 0.270 e. The van der Waals surface area contributed by atoms with E-state index in [0.717, 1.165) is 61.1 Å². The molecule has 2 amide bonds. The second kappa shape index (κ2) is 10.1. The van der Waals surface area contributed by atoms with E-state index >= 15 is 0 Å². The Morgan fingerprint density at radius 1 is 1.28 bits per heavy atom. The largest absolute Gasteiger partial charge is 0.496 e. The highest BCUT2D eigenvalue weighted by molar-refractivity contribution is 6.82. The zero-order valence-corrected chi connectivity index (χ0v) is 21.8. The number of Topliss-reactive ketones (excluding diaryl/α,β-unsaturated/α-hetero) is 1. The number of carbonyl (C=O) groups is 3. The number of aromatic nitrogens is 1. The molecule has 3 aliphatic rings. The Hall–Kier alpha value is -3.12. The lowest BCUT2D eigenvalue weighted by Gasteiger charge is -2.26. The summed E-state index contributed by atoms with van der Waals surface area (Å²) in [4.78, 5) is 44.6. The van der Waals surface area contributed by atoms with Gasteiger partial charge in [-0.05, 0) is 43.5 Å². The first-order valence-electron chi connectivity index (χ1n) is 13.1. The van der Waals surface area contributed by atoms with Gasteiger partial charge in [0.2, 0.25) is 5.91 Å². The SMILES string of the molecule is COc1cccc2[nH]c(C(=O)N3C[Si]4(CCCC4)CC3C(=O)N[C@H](C#N)C[C@@H]3CCCCC3=O)cc12. The van der Waals surface area contributed by atoms with E-state index in [1.54, 1.807) is 18.1 Å². The first-order chi connectivity index (χ1) is 17.4. The number of nitrogens with zero attached hydrogens (tertiary/aromatic N) is 2. The molecule has 36 heavy (non-hydrogen) atoms. The molecule has 0 radical (unpaired) electrons. The maximum absolute atomic E-state index is 13.8. The summed E-state index contributed by atoms with van der Waals surface area (Å²) in [6.07, 6.45) is 6.58. The molecule has 1 unspecified atom stereocenters. The quantitative estimate of drug-likeness (QED) is 0.576. The summed E-state index contributed by atoms with van der Waals surface area (Å²) in [7, 11) is -0.153. The van der Waals surface area contributed by atoms with Crippen LogP contribution in [0.3, 0.4) is 0 Å². The molecule has 2 saturated heterocycles. The van der Waals surface area contributed by atoms with Gasteiger partial charge in [0.25, 0.3) is 5.91 Å². The van der Waals surface area contributed by atoms with Crippen LogP contribution in [0.15, 0.2) is 24.3 Å². The predicted molar refractivity (Wildman–Crippen MR) is 138 cm³/mol. The topological polar surface area (TPSA) is 115 Å². The Labute approximate surface area is 212 Å². The highest BCUT2D eigenvalue weighted by Gasteiger charge is 2.51. The Balaban J connectivity index is 1.37. The van der Waals surface area contributed by atoms with Gasteiger partial charge in [-0.25, -0.2) is 0 Å². The molecular weight excluding hydrogens is 472 g/mol. The standard InChI is InChI=1S/C27H34N4O4Si/c1-35-25-10-6-8-21-20(25)14-22(30-21)27(34)31-17-36(11-4-5-12-36)16-23(31)26(33)29-19(15-28)13-18-7-2-3-9-24(18)32/h6,8,10,14,18-19,23,30H,2-5,7,9,11-13,16-17H2,1H3,(H,29,33)/t18-,19-,23?/m0/s1. The molecule has 1 aromatic carbocycles. The van der Waals surface area contributed by atoms with E-state index in [1.807, 2.05) is 18.2 Å². The molecule has 190 valence electrons. The average Bonchev–Trinajstić information content (AvgIpc) is 3.63. The molecule has 0 bridgehead atoms. The number of aromatic amines is 1. The van der Waals surface area contributed by atoms with Gasteiger partial charge in [-0.15, -0.1) is 0 Å². The number of methoxy groups -OCH3 is 1. The number of nitrogens with one attached hydrogen (secondary N) is 2. The normalized spacial score (nSPS) is 24.1. The van der Waals surface area contributed by atoms with Crippen LogP contribution < -0.4 is 10.1 Å². The van der Waals surface area contributed by atoms with Crippen LogP contribution >= 0.6 is 0 Å². The summed E-state index contributed by atoms with van der Waals surface area (Å²) in [5, 5.41) is 13.5. The Bertz CT molecular complexity index is 1210. The number of ether oxygens (including phenoxy) is 1. The molecule has 5 rings (SSSR count). The van der Waals surface area contributed by atoms with Crippen molar-refractivity contribution in [3.05, 3.63) is 30.0 Å². The van der Waals surface area contributed by atoms with Crippen molar-refractivity contribution in [1.29, 1.82) is 5.26 Å². The van der Waals surface area contributed by atoms with E-state index in [9.17, 15) is 19.6 Å². The van der Waals surface area contributed by atoms with Gasteiger partial charge >= 0.3 is 0 Å². The lowest BCUT2D eigenvalue weighted by atomic mass is 9.84. The molecule has 2 aromatic rings. The van der Waals surface area contributed by atoms with Crippen LogP contribution in [-0.4, -0.2) is 60.9 Å². The van der Waals surface area contributed by atoms with E-state index in [1.165, 1.54) is 0 Å². The van der Waals surface area contributed by atoms with Gasteiger partial charge in [0.1, 0.15) is 29.3 Å². The molecule has 2 N–H and O–H groups in total. The Morgan fingerprint density at radius 3 is 2.81 bits per heavy atom. The van der Waals surface area contributed by atoms with Crippen molar-refractivity contribution >= 4 is 36.6 Å². The number of hydrogen-bond acceptors (Lipinski definition) is 5. The molecule has 1 saturated carbocycles. The van der Waals surface area contributed by atoms with Gasteiger partial charge in [-0.2, -0.15) is 5.26 Å². The van der Waals surface area contributed by atoms with Gasteiger partial charge in [0.05, 0.1) is 21.3 Å². The number of amides is 2. The third-order valence-corrected chi connectivity index (χ3v) is 13.6. The fourth-order valence-corrected chi connectivity index (χ4v) is 12.0. The monoisotopic (exact) mass is 506 g/mol. The minimum atomic E-state index is -1.76. The zero-order chi connectivity index (χ0) is 25.3. The highest BCUT2D eigenvalue weighted by Crippen LogP contribution is 2.41. The molecule has 2 aliphatic heterocycles. The zero-order valence-electron chi connectivity index (χ0n) is 20.8. The van der Waals surface area contributed by atoms with Crippen molar-refractivity contribution in [3.8, 4) is 11.8 Å². The number of hydrogen-bond donors (Lipinski definition) is 2. The van der Waals surface area contributed by atoms with Crippen LogP contribution in [0.1, 0.15) is 55.4 Å². The number of H-pyrrole nitrogens is 1. The van der Waals surface area contributed by atoms with Gasteiger partial charge in [-0.1, -0.05) is 37.4 Å². The van der Waals surface area contributed by atoms with Crippen LogP contribution in [0.5, 0.6) is 5.75 Å². The fourth-order valence-electron chi connectivity index (χ4n) is 6.57. The van der Waals surface area contributed by atoms with Crippen molar-refractivity contribution in [2.45, 2.75) is 75.2 Å². The number of ketones is 1. The van der Waals surface area contributed by atoms with Gasteiger partial charge < -0.3 is 19.9 Å². The van der Waals surface area contributed by atoms with Gasteiger partial charge in [-0.3, -0.25) is 14.4 Å². The van der Waals surface area contributed by atoms with Crippen molar-refractivity contribution in [3.63, 3.8) is 0 Å². The summed E-state index contributed by atoms with van der Waals surface area (Å²) in [5.74, 6) is 0.278. The predicted octanol–water partition coefficient (Wildman–Crippen LogP) is 3.94. The molecule has 3 atom stereocenters. The number of carbonyl (C=O) groups excluding carboxylic acids is 3. The molecular formula is C27H34N4O4Si. The second-order valence-electron chi connectivity index (χ2n) is 10.8. The van der Waals surface area contributed by atoms with Crippen LogP contribution in [-0.2, 0) is 9.59 Å². The summed E-state index contributed by atoms with van der Waals surface area (Å²) in [6.45, 7) is 0. The number of nitriles is 1. The second-order valence-corrected chi connectivity index (χ2v) is 15.5. The number of rotatable bonds is 6. The third kappa shape index (κ3) is 4.66. The van der Waals surface area contributed by atoms with Crippen LogP contribution in [0.25, 0.3) is 10.9 Å². The smallest absolute Gasteiger partial charge is 0.270 e. The Kier molecular flexibility index (Phi) is 6.89. The minimum absolute atomic E-state index is 0.165. The lowest BCUT2D eigenvalue weighted by molar-refractivity contribution is -0.127. The molecule has 1 aliphatic carbocycles. The van der Waals surface area contributed by atoms with Crippen molar-refractivity contribution in [2.24, 2.45) is 5.92 Å². The lowest BCUT2D eigenvalue weighted by Crippen LogP contribution is -2.49. The van der Waals surface area contributed by atoms with Crippen molar-refractivity contribution in [2.75, 3.05) is 13.3 Å². The minimum Gasteiger partial charge on any atom is -0.496 e. The number of benzene rings is 1. The molecule has 1 spiro atoms. The van der Waals surface area contributed by atoms with Crippen LogP contribution in [0, 0.1) is 17.2 Å². The molecule has 1 aromatic heterocycles. The van der Waals surface area contributed by atoms with Crippen molar-refractivity contribution < 1.29 is 19.1 Å². The summed E-state index contributed by atoms with van der Waals surface area (Å²) in [5.41, 5.74) is 1.26. The van der Waals surface area contributed by atoms with E-state index in [-0.39, 0.29) is 23.5 Å². The first kappa shape index (κ1) is 24.6. The van der Waals surface area contributed by atoms with E-state index in [2.05, 4.69) is 16.4 Å². The van der Waals surface area contributed by atoms with Crippen molar-refractivity contribution in [1.82, 2.24) is 15.2 Å². The number of fused-ring (bicyclic) bond motifs is 1. The van der Waals surface area contributed by atoms with E-state index in [4.69, 9.17) is 4.74 Å². The Morgan fingerprint density at radius 2 is 2.08 bits per heavy atom. The summed E-state index contributed by atoms with van der Waals surface area (Å²) in [6, 6.07) is 11.4. The van der Waals surface area contributed by atoms with E-state index < -0.39 is 20.2 Å².